The first-order valence-corrected chi connectivity index (χ1v) is 7.97. The summed E-state index contributed by atoms with van der Waals surface area (Å²) in [7, 11) is -2.70. The molecule has 1 heterocycles. The van der Waals surface area contributed by atoms with E-state index in [4.69, 9.17) is 15.3 Å². The fourth-order valence-electron chi connectivity index (χ4n) is 2.08. The molecule has 4 N–H and O–H groups in total. The van der Waals surface area contributed by atoms with Crippen LogP contribution in [-0.4, -0.2) is 79.6 Å². The van der Waals surface area contributed by atoms with Gasteiger partial charge in [0.25, 0.3) is 10.2 Å². The molecule has 0 aliphatic carbocycles. The largest absolute Gasteiger partial charge is 0.469 e. The molecular formula is C11H22N2O7S. The maximum absolute atomic E-state index is 12.2. The van der Waals surface area contributed by atoms with Crippen LogP contribution >= 0.6 is 0 Å². The van der Waals surface area contributed by atoms with Gasteiger partial charge in [0, 0.05) is 13.1 Å². The van der Waals surface area contributed by atoms with Crippen LogP contribution in [0.5, 0.6) is 0 Å². The van der Waals surface area contributed by atoms with Gasteiger partial charge in [0.1, 0.15) is 5.54 Å². The number of methoxy groups -OCH3 is 1. The minimum Gasteiger partial charge on any atom is -0.469 e. The molecule has 0 bridgehead atoms. The standard InChI is InChI=1S/C11H22N2O7S/c1-20-10(17)9-2-4-13(5-3-9)21(18,19)12-11(6-14,7-15)8-16/h9,12,14-16H,2-8H2,1H3. The third-order valence-electron chi connectivity index (χ3n) is 3.58. The molecular weight excluding hydrogens is 304 g/mol. The van der Waals surface area contributed by atoms with Crippen LogP contribution < -0.4 is 4.72 Å². The van der Waals surface area contributed by atoms with Crippen LogP contribution in [0.2, 0.25) is 0 Å². The molecule has 0 unspecified atom stereocenters. The molecule has 0 saturated carbocycles. The van der Waals surface area contributed by atoms with E-state index in [9.17, 15) is 13.2 Å². The van der Waals surface area contributed by atoms with Gasteiger partial charge in [0.15, 0.2) is 0 Å². The van der Waals surface area contributed by atoms with Gasteiger partial charge in [-0.3, -0.25) is 4.79 Å². The third kappa shape index (κ3) is 4.34. The quantitative estimate of drug-likeness (QED) is 0.377. The number of piperidine rings is 1. The molecule has 0 aromatic rings. The predicted molar refractivity (Wildman–Crippen MR) is 72.4 cm³/mol. The van der Waals surface area contributed by atoms with Crippen molar-refractivity contribution in [3.05, 3.63) is 0 Å². The SMILES string of the molecule is COC(=O)C1CCN(S(=O)(=O)NC(CO)(CO)CO)CC1. The highest BCUT2D eigenvalue weighted by Crippen LogP contribution is 2.21. The van der Waals surface area contributed by atoms with E-state index >= 15 is 0 Å². The van der Waals surface area contributed by atoms with Crippen molar-refractivity contribution in [3.63, 3.8) is 0 Å². The average Bonchev–Trinajstić information content (AvgIpc) is 2.52. The summed E-state index contributed by atoms with van der Waals surface area (Å²) in [6, 6.07) is 0. The van der Waals surface area contributed by atoms with Crippen molar-refractivity contribution in [2.24, 2.45) is 5.92 Å². The summed E-state index contributed by atoms with van der Waals surface area (Å²) in [6.07, 6.45) is 0.663. The molecule has 0 amide bonds. The molecule has 21 heavy (non-hydrogen) atoms. The van der Waals surface area contributed by atoms with E-state index in [1.165, 1.54) is 7.11 Å². The smallest absolute Gasteiger partial charge is 0.308 e. The lowest BCUT2D eigenvalue weighted by atomic mass is 9.99. The third-order valence-corrected chi connectivity index (χ3v) is 5.32. The lowest BCUT2D eigenvalue weighted by molar-refractivity contribution is -0.146. The van der Waals surface area contributed by atoms with Crippen molar-refractivity contribution in [3.8, 4) is 0 Å². The monoisotopic (exact) mass is 326 g/mol. The molecule has 1 aliphatic rings. The first kappa shape index (κ1) is 18.3. The first-order valence-electron chi connectivity index (χ1n) is 6.53. The molecule has 1 aliphatic heterocycles. The van der Waals surface area contributed by atoms with Crippen LogP contribution in [0.1, 0.15) is 12.8 Å². The Hall–Kier alpha value is -0.780. The van der Waals surface area contributed by atoms with Crippen molar-refractivity contribution >= 4 is 16.2 Å². The van der Waals surface area contributed by atoms with Gasteiger partial charge in [0.05, 0.1) is 32.8 Å². The summed E-state index contributed by atoms with van der Waals surface area (Å²) < 4.78 is 32.2. The van der Waals surface area contributed by atoms with E-state index in [2.05, 4.69) is 9.46 Å². The van der Waals surface area contributed by atoms with E-state index in [1.807, 2.05) is 0 Å². The summed E-state index contributed by atoms with van der Waals surface area (Å²) >= 11 is 0. The molecule has 10 heteroatoms. The van der Waals surface area contributed by atoms with Crippen molar-refractivity contribution in [1.82, 2.24) is 9.03 Å². The number of esters is 1. The minimum atomic E-state index is -3.98. The molecule has 0 spiro atoms. The maximum Gasteiger partial charge on any atom is 0.308 e. The lowest BCUT2D eigenvalue weighted by Gasteiger charge is -2.34. The second-order valence-electron chi connectivity index (χ2n) is 5.06. The summed E-state index contributed by atoms with van der Waals surface area (Å²) in [6.45, 7) is -1.98. The predicted octanol–water partition coefficient (Wildman–Crippen LogP) is -2.58. The van der Waals surface area contributed by atoms with Crippen LogP contribution in [0.3, 0.4) is 0 Å². The van der Waals surface area contributed by atoms with E-state index in [-0.39, 0.29) is 25.0 Å². The van der Waals surface area contributed by atoms with Gasteiger partial charge in [-0.15, -0.1) is 0 Å². The number of hydrogen-bond acceptors (Lipinski definition) is 7. The number of rotatable bonds is 7. The number of aliphatic hydroxyl groups is 3. The Bertz CT molecular complexity index is 433. The van der Waals surface area contributed by atoms with Crippen molar-refractivity contribution in [1.29, 1.82) is 0 Å². The number of nitrogens with one attached hydrogen (secondary N) is 1. The zero-order chi connectivity index (χ0) is 16.1. The summed E-state index contributed by atoms with van der Waals surface area (Å²) in [4.78, 5) is 11.4. The number of aliphatic hydroxyl groups excluding tert-OH is 3. The Balaban J connectivity index is 2.71. The second-order valence-corrected chi connectivity index (χ2v) is 6.73. The van der Waals surface area contributed by atoms with Crippen LogP contribution in [0, 0.1) is 5.92 Å². The van der Waals surface area contributed by atoms with Crippen LogP contribution in [0.25, 0.3) is 0 Å². The summed E-state index contributed by atoms with van der Waals surface area (Å²) in [5.74, 6) is -0.699. The van der Waals surface area contributed by atoms with Gasteiger partial charge < -0.3 is 20.1 Å². The Kier molecular flexibility index (Phi) is 6.50. The van der Waals surface area contributed by atoms with Crippen molar-refractivity contribution < 1.29 is 33.3 Å². The number of ether oxygens (including phenoxy) is 1. The molecule has 1 rings (SSSR count). The van der Waals surface area contributed by atoms with E-state index in [1.54, 1.807) is 0 Å². The fraction of sp³-hybridized carbons (Fsp3) is 0.909. The average molecular weight is 326 g/mol. The molecule has 0 aromatic heterocycles. The molecule has 0 radical (unpaired) electrons. The number of carbonyl (C=O) groups is 1. The van der Waals surface area contributed by atoms with Gasteiger partial charge in [-0.05, 0) is 12.8 Å². The molecule has 1 fully saturated rings. The van der Waals surface area contributed by atoms with Crippen LogP contribution in [0.15, 0.2) is 0 Å². The highest BCUT2D eigenvalue weighted by molar-refractivity contribution is 7.87. The summed E-state index contributed by atoms with van der Waals surface area (Å²) in [5, 5.41) is 27.5. The first-order chi connectivity index (χ1) is 9.84. The highest BCUT2D eigenvalue weighted by atomic mass is 32.2. The van der Waals surface area contributed by atoms with Crippen molar-refractivity contribution in [2.45, 2.75) is 18.4 Å². The zero-order valence-electron chi connectivity index (χ0n) is 11.9. The Morgan fingerprint density at radius 1 is 1.24 bits per heavy atom. The second kappa shape index (κ2) is 7.47. The topological polar surface area (TPSA) is 136 Å². The molecule has 9 nitrogen and oxygen atoms in total. The van der Waals surface area contributed by atoms with Gasteiger partial charge >= 0.3 is 5.97 Å². The minimum absolute atomic E-state index is 0.119. The zero-order valence-corrected chi connectivity index (χ0v) is 12.7. The Morgan fingerprint density at radius 2 is 1.71 bits per heavy atom. The fourth-order valence-corrected chi connectivity index (χ4v) is 3.64. The number of carbonyl (C=O) groups excluding carboxylic acids is 1. The maximum atomic E-state index is 12.2. The normalized spacial score (nSPS) is 18.7. The van der Waals surface area contributed by atoms with Crippen LogP contribution in [0.4, 0.5) is 0 Å². The van der Waals surface area contributed by atoms with Gasteiger partial charge in [-0.25, -0.2) is 0 Å². The molecule has 1 saturated heterocycles. The van der Waals surface area contributed by atoms with E-state index < -0.39 is 35.6 Å². The molecule has 124 valence electrons. The van der Waals surface area contributed by atoms with Gasteiger partial charge in [0.2, 0.25) is 0 Å². The van der Waals surface area contributed by atoms with Gasteiger partial charge in [-0.2, -0.15) is 17.4 Å². The Labute approximate surface area is 123 Å². The Morgan fingerprint density at radius 3 is 2.10 bits per heavy atom. The number of nitrogens with zero attached hydrogens (tertiary/aromatic N) is 1. The summed E-state index contributed by atoms with van der Waals surface area (Å²) in [5.41, 5.74) is -1.71. The highest BCUT2D eigenvalue weighted by Gasteiger charge is 2.38. The lowest BCUT2D eigenvalue weighted by Crippen LogP contribution is -2.60. The van der Waals surface area contributed by atoms with E-state index in [0.29, 0.717) is 12.8 Å². The van der Waals surface area contributed by atoms with Crippen molar-refractivity contribution in [2.75, 3.05) is 40.0 Å². The van der Waals surface area contributed by atoms with Gasteiger partial charge in [-0.1, -0.05) is 0 Å². The molecule has 0 aromatic carbocycles. The molecule has 0 atom stereocenters. The number of hydrogen-bond donors (Lipinski definition) is 4. The van der Waals surface area contributed by atoms with E-state index in [0.717, 1.165) is 4.31 Å². The van der Waals surface area contributed by atoms with Crippen LogP contribution in [-0.2, 0) is 19.7 Å².